The molecule has 0 aliphatic heterocycles. The van der Waals surface area contributed by atoms with Crippen molar-refractivity contribution in [2.45, 2.75) is 59.3 Å². The lowest BCUT2D eigenvalue weighted by Crippen LogP contribution is -2.32. The van der Waals surface area contributed by atoms with Crippen LogP contribution in [0.3, 0.4) is 0 Å². The van der Waals surface area contributed by atoms with Crippen molar-refractivity contribution in [3.8, 4) is 0 Å². The molecular weight excluding hydrogens is 214 g/mol. The zero-order valence-electron chi connectivity index (χ0n) is 11.6. The Morgan fingerprint density at radius 1 is 1.18 bits per heavy atom. The minimum absolute atomic E-state index is 0.197. The topological polar surface area (TPSA) is 70.6 Å². The third kappa shape index (κ3) is 8.02. The van der Waals surface area contributed by atoms with Crippen molar-refractivity contribution >= 4 is 5.84 Å². The van der Waals surface area contributed by atoms with Gasteiger partial charge in [-0.1, -0.05) is 45.2 Å². The molecular formula is C13H29N3O. The van der Waals surface area contributed by atoms with Gasteiger partial charge in [-0.25, -0.2) is 0 Å². The van der Waals surface area contributed by atoms with Crippen molar-refractivity contribution in [3.05, 3.63) is 0 Å². The predicted octanol–water partition coefficient (Wildman–Crippen LogP) is 2.71. The molecule has 4 heteroatoms. The van der Waals surface area contributed by atoms with Crippen LogP contribution in [0.15, 0.2) is 5.16 Å². The minimum Gasteiger partial charge on any atom is -0.409 e. The maximum Gasteiger partial charge on any atom is 0.144 e. The maximum absolute atomic E-state index is 8.64. The molecule has 0 unspecified atom stereocenters. The second-order valence-corrected chi connectivity index (χ2v) is 5.28. The highest BCUT2D eigenvalue weighted by atomic mass is 16.4. The van der Waals surface area contributed by atoms with E-state index in [2.05, 4.69) is 17.4 Å². The van der Waals surface area contributed by atoms with Crippen molar-refractivity contribution in [3.63, 3.8) is 0 Å². The van der Waals surface area contributed by atoms with Crippen LogP contribution in [0.1, 0.15) is 59.3 Å². The summed E-state index contributed by atoms with van der Waals surface area (Å²) in [5, 5.41) is 15.2. The van der Waals surface area contributed by atoms with Gasteiger partial charge in [0.2, 0.25) is 0 Å². The Bertz CT molecular complexity index is 215. The van der Waals surface area contributed by atoms with Crippen LogP contribution in [0.5, 0.6) is 0 Å². The van der Waals surface area contributed by atoms with E-state index in [0.29, 0.717) is 5.84 Å². The number of rotatable bonds is 10. The van der Waals surface area contributed by atoms with E-state index < -0.39 is 0 Å². The second-order valence-electron chi connectivity index (χ2n) is 5.28. The molecule has 0 radical (unpaired) electrons. The van der Waals surface area contributed by atoms with Gasteiger partial charge in [-0.3, -0.25) is 0 Å². The summed E-state index contributed by atoms with van der Waals surface area (Å²) in [5.41, 5.74) is 5.43. The first-order valence-corrected chi connectivity index (χ1v) is 6.73. The van der Waals surface area contributed by atoms with E-state index in [1.807, 2.05) is 13.8 Å². The summed E-state index contributed by atoms with van der Waals surface area (Å²) in [6, 6.07) is 0. The molecule has 0 aromatic carbocycles. The fourth-order valence-corrected chi connectivity index (χ4v) is 1.71. The third-order valence-electron chi connectivity index (χ3n) is 3.16. The molecule has 0 saturated carbocycles. The van der Waals surface area contributed by atoms with Gasteiger partial charge in [-0.2, -0.15) is 0 Å². The van der Waals surface area contributed by atoms with Crippen LogP contribution in [0.25, 0.3) is 0 Å². The molecule has 0 heterocycles. The number of unbranched alkanes of at least 4 members (excludes halogenated alkanes) is 3. The zero-order valence-corrected chi connectivity index (χ0v) is 11.6. The summed E-state index contributed by atoms with van der Waals surface area (Å²) in [4.78, 5) is 0. The van der Waals surface area contributed by atoms with Crippen LogP contribution >= 0.6 is 0 Å². The quantitative estimate of drug-likeness (QED) is 0.182. The van der Waals surface area contributed by atoms with Crippen molar-refractivity contribution in [2.24, 2.45) is 16.3 Å². The van der Waals surface area contributed by atoms with E-state index in [9.17, 15) is 0 Å². The largest absolute Gasteiger partial charge is 0.409 e. The fourth-order valence-electron chi connectivity index (χ4n) is 1.71. The number of nitrogens with two attached hydrogens (primary N) is 1. The highest BCUT2D eigenvalue weighted by Crippen LogP contribution is 2.22. The van der Waals surface area contributed by atoms with Crippen LogP contribution < -0.4 is 11.1 Å². The van der Waals surface area contributed by atoms with Gasteiger partial charge in [0.05, 0.1) is 0 Å². The van der Waals surface area contributed by atoms with E-state index in [-0.39, 0.29) is 5.41 Å². The molecule has 17 heavy (non-hydrogen) atoms. The Labute approximate surface area is 106 Å². The summed E-state index contributed by atoms with van der Waals surface area (Å²) in [5.74, 6) is 0.327. The Balaban J connectivity index is 3.45. The van der Waals surface area contributed by atoms with Gasteiger partial charge in [-0.05, 0) is 32.4 Å². The molecule has 0 aromatic rings. The molecule has 0 saturated heterocycles. The molecule has 0 atom stereocenters. The molecule has 102 valence electrons. The van der Waals surface area contributed by atoms with Crippen LogP contribution in [-0.2, 0) is 0 Å². The maximum atomic E-state index is 8.64. The number of nitrogens with one attached hydrogen (secondary N) is 1. The van der Waals surface area contributed by atoms with Gasteiger partial charge < -0.3 is 16.3 Å². The normalized spacial score (nSPS) is 13.0. The summed E-state index contributed by atoms with van der Waals surface area (Å²) in [6.45, 7) is 8.43. The van der Waals surface area contributed by atoms with Crippen LogP contribution in [-0.4, -0.2) is 24.1 Å². The molecule has 0 spiro atoms. The van der Waals surface area contributed by atoms with Crippen LogP contribution in [0.4, 0.5) is 0 Å². The van der Waals surface area contributed by atoms with E-state index in [0.717, 1.165) is 32.4 Å². The fraction of sp³-hybridized carbons (Fsp3) is 0.923. The lowest BCUT2D eigenvalue weighted by molar-refractivity contribution is 0.304. The second kappa shape index (κ2) is 9.28. The Morgan fingerprint density at radius 3 is 2.29 bits per heavy atom. The molecule has 0 aliphatic rings. The third-order valence-corrected chi connectivity index (χ3v) is 3.16. The minimum atomic E-state index is -0.197. The van der Waals surface area contributed by atoms with Crippen LogP contribution in [0.2, 0.25) is 0 Å². The SMILES string of the molecule is CCCCCNCCCCC(C)(C)C(N)=NO. The average Bonchev–Trinajstić information content (AvgIpc) is 2.31. The highest BCUT2D eigenvalue weighted by molar-refractivity contribution is 5.85. The first kappa shape index (κ1) is 16.2. The predicted molar refractivity (Wildman–Crippen MR) is 73.4 cm³/mol. The molecule has 0 aromatic heterocycles. The first-order valence-electron chi connectivity index (χ1n) is 6.73. The summed E-state index contributed by atoms with van der Waals surface area (Å²) in [7, 11) is 0. The molecule has 0 rings (SSSR count). The Morgan fingerprint density at radius 2 is 1.76 bits per heavy atom. The average molecular weight is 243 g/mol. The molecule has 0 amide bonds. The molecule has 4 N–H and O–H groups in total. The molecule has 0 fully saturated rings. The van der Waals surface area contributed by atoms with Gasteiger partial charge >= 0.3 is 0 Å². The van der Waals surface area contributed by atoms with Crippen molar-refractivity contribution in [1.82, 2.24) is 5.32 Å². The van der Waals surface area contributed by atoms with E-state index in [1.165, 1.54) is 19.3 Å². The van der Waals surface area contributed by atoms with E-state index in [1.54, 1.807) is 0 Å². The standard InChI is InChI=1S/C13H29N3O/c1-4-5-7-10-15-11-8-6-9-13(2,3)12(14)16-17/h15,17H,4-11H2,1-3H3,(H2,14,16). The van der Waals surface area contributed by atoms with Gasteiger partial charge in [-0.15, -0.1) is 0 Å². The van der Waals surface area contributed by atoms with E-state index >= 15 is 0 Å². The molecule has 0 aliphatic carbocycles. The zero-order chi connectivity index (χ0) is 13.1. The van der Waals surface area contributed by atoms with E-state index in [4.69, 9.17) is 10.9 Å². The summed E-state index contributed by atoms with van der Waals surface area (Å²) in [6.07, 6.45) is 7.06. The van der Waals surface area contributed by atoms with Crippen molar-refractivity contribution in [1.29, 1.82) is 0 Å². The lowest BCUT2D eigenvalue weighted by Gasteiger charge is -2.22. The highest BCUT2D eigenvalue weighted by Gasteiger charge is 2.22. The van der Waals surface area contributed by atoms with Crippen molar-refractivity contribution in [2.75, 3.05) is 13.1 Å². The Hall–Kier alpha value is -0.770. The monoisotopic (exact) mass is 243 g/mol. The number of hydrogen-bond acceptors (Lipinski definition) is 3. The van der Waals surface area contributed by atoms with Gasteiger partial charge in [0.1, 0.15) is 5.84 Å². The number of amidine groups is 1. The molecule has 0 bridgehead atoms. The van der Waals surface area contributed by atoms with Crippen LogP contribution in [0, 0.1) is 5.41 Å². The van der Waals surface area contributed by atoms with Gasteiger partial charge in [0, 0.05) is 5.41 Å². The smallest absolute Gasteiger partial charge is 0.144 e. The van der Waals surface area contributed by atoms with Gasteiger partial charge in [0.25, 0.3) is 0 Å². The van der Waals surface area contributed by atoms with Crippen molar-refractivity contribution < 1.29 is 5.21 Å². The Kier molecular flexibility index (Phi) is 8.86. The number of hydrogen-bond donors (Lipinski definition) is 3. The number of oxime groups is 1. The molecule has 4 nitrogen and oxygen atoms in total. The summed E-state index contributed by atoms with van der Waals surface area (Å²) >= 11 is 0. The number of nitrogens with zero attached hydrogens (tertiary/aromatic N) is 1. The first-order chi connectivity index (χ1) is 8.04. The van der Waals surface area contributed by atoms with Gasteiger partial charge in [0.15, 0.2) is 0 Å². The lowest BCUT2D eigenvalue weighted by atomic mass is 9.86. The summed E-state index contributed by atoms with van der Waals surface area (Å²) < 4.78 is 0.